The maximum absolute atomic E-state index is 11.9. The molecule has 9 heteroatoms. The van der Waals surface area contributed by atoms with E-state index in [9.17, 15) is 19.9 Å². The Kier molecular flexibility index (Phi) is 3.57. The average Bonchev–Trinajstić information content (AvgIpc) is 2.47. The fraction of sp³-hybridized carbons (Fsp3) is 0.250. The third kappa shape index (κ3) is 2.40. The van der Waals surface area contributed by atoms with Gasteiger partial charge < -0.3 is 10.3 Å². The number of aromatic hydroxyl groups is 1. The Morgan fingerprint density at radius 2 is 1.86 bits per heavy atom. The molecule has 0 aromatic carbocycles. The van der Waals surface area contributed by atoms with Gasteiger partial charge in [0.25, 0.3) is 5.56 Å². The summed E-state index contributed by atoms with van der Waals surface area (Å²) in [5, 5.41) is 28.8. The minimum Gasteiger partial charge on any atom is -0.710 e. The molecule has 2 aromatic rings. The minimum absolute atomic E-state index is 0.0368. The molecule has 0 spiro atoms. The summed E-state index contributed by atoms with van der Waals surface area (Å²) in [6, 6.07) is 4.61. The van der Waals surface area contributed by atoms with E-state index in [1.165, 1.54) is 20.2 Å². The monoisotopic (exact) mass is 291 g/mol. The van der Waals surface area contributed by atoms with Crippen LogP contribution < -0.4 is 16.0 Å². The molecule has 110 valence electrons. The van der Waals surface area contributed by atoms with Crippen molar-refractivity contribution in [3.05, 3.63) is 49.9 Å². The van der Waals surface area contributed by atoms with Gasteiger partial charge in [-0.3, -0.25) is 13.9 Å². The van der Waals surface area contributed by atoms with Crippen LogP contribution in [0.25, 0.3) is 0 Å². The molecule has 0 bridgehead atoms. The van der Waals surface area contributed by atoms with E-state index in [1.54, 1.807) is 19.1 Å². The van der Waals surface area contributed by atoms with Gasteiger partial charge in [0.1, 0.15) is 5.69 Å². The predicted octanol–water partition coefficient (Wildman–Crippen LogP) is 0.147. The predicted molar refractivity (Wildman–Crippen MR) is 72.9 cm³/mol. The largest absolute Gasteiger partial charge is 0.710 e. The van der Waals surface area contributed by atoms with Crippen molar-refractivity contribution in [1.29, 1.82) is 0 Å². The van der Waals surface area contributed by atoms with Crippen molar-refractivity contribution in [3.63, 3.8) is 0 Å². The first-order valence-electron chi connectivity index (χ1n) is 5.94. The fourth-order valence-electron chi connectivity index (χ4n) is 1.67. The van der Waals surface area contributed by atoms with E-state index in [-0.39, 0.29) is 5.82 Å². The lowest BCUT2D eigenvalue weighted by molar-refractivity contribution is -0.598. The van der Waals surface area contributed by atoms with Gasteiger partial charge in [-0.2, -0.15) is 0 Å². The molecule has 0 fully saturated rings. The number of hydrogen-bond donors (Lipinski definition) is 1. The summed E-state index contributed by atoms with van der Waals surface area (Å²) in [6.07, 6.45) is 0. The Balaban J connectivity index is 2.60. The van der Waals surface area contributed by atoms with Crippen molar-refractivity contribution < 1.29 is 9.84 Å². The van der Waals surface area contributed by atoms with Crippen LogP contribution in [0, 0.1) is 12.1 Å². The number of pyridine rings is 1. The number of rotatable bonds is 2. The number of azo groups is 1. The molecule has 9 nitrogen and oxygen atoms in total. The quantitative estimate of drug-likeness (QED) is 0.481. The van der Waals surface area contributed by atoms with Gasteiger partial charge in [-0.25, -0.2) is 9.52 Å². The first kappa shape index (κ1) is 14.4. The third-order valence-electron chi connectivity index (χ3n) is 2.97. The molecule has 2 heterocycles. The van der Waals surface area contributed by atoms with E-state index >= 15 is 0 Å². The molecule has 0 atom stereocenters. The molecular formula is C12H13N5O4. The van der Waals surface area contributed by atoms with Crippen LogP contribution in [0.2, 0.25) is 0 Å². The Morgan fingerprint density at radius 1 is 1.19 bits per heavy atom. The summed E-state index contributed by atoms with van der Waals surface area (Å²) in [4.78, 5) is 23.5. The lowest BCUT2D eigenvalue weighted by Gasteiger charge is -2.06. The van der Waals surface area contributed by atoms with Crippen molar-refractivity contribution in [3.8, 4) is 5.88 Å². The van der Waals surface area contributed by atoms with Crippen LogP contribution >= 0.6 is 0 Å². The fourth-order valence-corrected chi connectivity index (χ4v) is 1.67. The second-order valence-corrected chi connectivity index (χ2v) is 4.40. The van der Waals surface area contributed by atoms with Crippen molar-refractivity contribution >= 4 is 11.5 Å². The molecule has 2 rings (SSSR count). The molecule has 0 saturated heterocycles. The highest BCUT2D eigenvalue weighted by molar-refractivity contribution is 5.44. The van der Waals surface area contributed by atoms with E-state index in [4.69, 9.17) is 0 Å². The van der Waals surface area contributed by atoms with Crippen molar-refractivity contribution in [2.24, 2.45) is 24.3 Å². The maximum Gasteiger partial charge on any atom is 0.353 e. The van der Waals surface area contributed by atoms with E-state index in [0.717, 1.165) is 9.13 Å². The molecule has 0 aliphatic carbocycles. The lowest BCUT2D eigenvalue weighted by Crippen LogP contribution is -2.36. The molecule has 0 aliphatic heterocycles. The Labute approximate surface area is 118 Å². The van der Waals surface area contributed by atoms with Gasteiger partial charge in [0.2, 0.25) is 11.6 Å². The zero-order valence-electron chi connectivity index (χ0n) is 11.6. The van der Waals surface area contributed by atoms with Gasteiger partial charge in [0.05, 0.1) is 5.11 Å². The normalized spacial score (nSPS) is 11.2. The Bertz CT molecular complexity index is 850. The van der Waals surface area contributed by atoms with Gasteiger partial charge >= 0.3 is 11.5 Å². The summed E-state index contributed by atoms with van der Waals surface area (Å²) >= 11 is 0. The number of aromatic nitrogens is 3. The summed E-state index contributed by atoms with van der Waals surface area (Å²) in [5.41, 5.74) is -1.50. The van der Waals surface area contributed by atoms with Crippen LogP contribution in [0.4, 0.5) is 11.5 Å². The number of hydrogen-bond acceptors (Lipinski definition) is 6. The van der Waals surface area contributed by atoms with Crippen LogP contribution in [0.1, 0.15) is 5.69 Å². The summed E-state index contributed by atoms with van der Waals surface area (Å²) in [6.45, 7) is 1.59. The maximum atomic E-state index is 11.9. The SMILES string of the molecule is Cc1cccc(/N=N/c2c(O)n(C)c(=O)n(C)c2=O)[n+]1[O-]. The minimum atomic E-state index is -0.801. The topological polar surface area (TPSA) is 116 Å². The summed E-state index contributed by atoms with van der Waals surface area (Å²) in [7, 11) is 2.54. The number of nitrogens with zero attached hydrogens (tertiary/aromatic N) is 5. The van der Waals surface area contributed by atoms with Gasteiger partial charge in [0, 0.05) is 20.2 Å². The second-order valence-electron chi connectivity index (χ2n) is 4.40. The molecule has 1 N–H and O–H groups in total. The standard InChI is InChI=1S/C12H13N5O4/c1-7-5-4-6-8(17(7)21)13-14-9-10(18)15(2)12(20)16(3)11(9)19/h4-6,18H,1-3H3/b14-13+. The molecule has 21 heavy (non-hydrogen) atoms. The Hall–Kier alpha value is -2.97. The lowest BCUT2D eigenvalue weighted by atomic mass is 10.4. The van der Waals surface area contributed by atoms with Crippen LogP contribution in [-0.4, -0.2) is 14.2 Å². The van der Waals surface area contributed by atoms with Crippen molar-refractivity contribution in [2.75, 3.05) is 0 Å². The van der Waals surface area contributed by atoms with Crippen molar-refractivity contribution in [2.45, 2.75) is 6.92 Å². The summed E-state index contributed by atoms with van der Waals surface area (Å²) in [5.74, 6) is -0.651. The van der Waals surface area contributed by atoms with Crippen LogP contribution in [0.15, 0.2) is 38.0 Å². The molecule has 0 saturated carbocycles. The first-order chi connectivity index (χ1) is 9.84. The molecule has 0 aliphatic rings. The van der Waals surface area contributed by atoms with Crippen LogP contribution in [0.3, 0.4) is 0 Å². The van der Waals surface area contributed by atoms with Crippen LogP contribution in [0.5, 0.6) is 5.88 Å². The molecule has 0 amide bonds. The zero-order chi connectivity index (χ0) is 15.7. The highest BCUT2D eigenvalue weighted by Gasteiger charge is 2.17. The van der Waals surface area contributed by atoms with Gasteiger partial charge in [-0.1, -0.05) is 0 Å². The second kappa shape index (κ2) is 5.19. The highest BCUT2D eigenvalue weighted by atomic mass is 16.5. The molecule has 0 radical (unpaired) electrons. The van der Waals surface area contributed by atoms with E-state index in [1.807, 2.05) is 0 Å². The average molecular weight is 291 g/mol. The number of aryl methyl sites for hydroxylation is 1. The van der Waals surface area contributed by atoms with Gasteiger partial charge in [-0.05, 0) is 24.2 Å². The smallest absolute Gasteiger partial charge is 0.353 e. The van der Waals surface area contributed by atoms with Crippen molar-refractivity contribution in [1.82, 2.24) is 9.13 Å². The third-order valence-corrected chi connectivity index (χ3v) is 2.97. The van der Waals surface area contributed by atoms with Crippen LogP contribution in [-0.2, 0) is 14.1 Å². The molecular weight excluding hydrogens is 278 g/mol. The molecule has 2 aromatic heterocycles. The summed E-state index contributed by atoms with van der Waals surface area (Å²) < 4.78 is 2.18. The Morgan fingerprint density at radius 3 is 2.52 bits per heavy atom. The van der Waals surface area contributed by atoms with Gasteiger partial charge in [0.15, 0.2) is 0 Å². The highest BCUT2D eigenvalue weighted by Crippen LogP contribution is 2.20. The first-order valence-corrected chi connectivity index (χ1v) is 5.94. The van der Waals surface area contributed by atoms with Gasteiger partial charge in [-0.15, -0.1) is 0 Å². The van der Waals surface area contributed by atoms with E-state index < -0.39 is 22.8 Å². The van der Waals surface area contributed by atoms with E-state index in [2.05, 4.69) is 10.2 Å². The van der Waals surface area contributed by atoms with E-state index in [0.29, 0.717) is 10.4 Å². The zero-order valence-corrected chi connectivity index (χ0v) is 11.6. The molecule has 0 unspecified atom stereocenters.